The highest BCUT2D eigenvalue weighted by Gasteiger charge is 2.30. The molecule has 0 bridgehead atoms. The van der Waals surface area contributed by atoms with Crippen molar-refractivity contribution in [2.24, 2.45) is 0 Å². The number of rotatable bonds is 5. The third-order valence-corrected chi connectivity index (χ3v) is 6.28. The SMILES string of the molecule is COc1nc2ccccc2cc1NC(=O)N1CCN(c2cccc(C3CC3)c2OC)CC1. The van der Waals surface area contributed by atoms with E-state index in [2.05, 4.69) is 33.4 Å². The van der Waals surface area contributed by atoms with Gasteiger partial charge in [-0.25, -0.2) is 9.78 Å². The van der Waals surface area contributed by atoms with Gasteiger partial charge in [0.25, 0.3) is 0 Å². The number of amides is 2. The molecule has 2 amide bonds. The zero-order chi connectivity index (χ0) is 22.1. The van der Waals surface area contributed by atoms with Gasteiger partial charge in [0.15, 0.2) is 0 Å². The molecule has 1 N–H and O–H groups in total. The summed E-state index contributed by atoms with van der Waals surface area (Å²) in [6.45, 7) is 2.77. The zero-order valence-electron chi connectivity index (χ0n) is 18.5. The van der Waals surface area contributed by atoms with E-state index in [1.807, 2.05) is 35.2 Å². The van der Waals surface area contributed by atoms with Gasteiger partial charge >= 0.3 is 6.03 Å². The van der Waals surface area contributed by atoms with Crippen LogP contribution in [0.15, 0.2) is 48.5 Å². The van der Waals surface area contributed by atoms with Gasteiger partial charge in [0.05, 0.1) is 25.4 Å². The molecule has 0 atom stereocenters. The van der Waals surface area contributed by atoms with Crippen LogP contribution in [0.4, 0.5) is 16.2 Å². The van der Waals surface area contributed by atoms with Crippen molar-refractivity contribution in [2.75, 3.05) is 50.6 Å². The molecule has 2 heterocycles. The summed E-state index contributed by atoms with van der Waals surface area (Å²) >= 11 is 0. The predicted molar refractivity (Wildman–Crippen MR) is 126 cm³/mol. The van der Waals surface area contributed by atoms with Crippen LogP contribution >= 0.6 is 0 Å². The van der Waals surface area contributed by atoms with Crippen LogP contribution < -0.4 is 19.7 Å². The quantitative estimate of drug-likeness (QED) is 0.644. The number of aromatic nitrogens is 1. The zero-order valence-corrected chi connectivity index (χ0v) is 18.5. The van der Waals surface area contributed by atoms with Crippen LogP contribution in [0.25, 0.3) is 10.9 Å². The summed E-state index contributed by atoms with van der Waals surface area (Å²) in [5.41, 5.74) is 3.84. The van der Waals surface area contributed by atoms with Crippen molar-refractivity contribution < 1.29 is 14.3 Å². The number of ether oxygens (including phenoxy) is 2. The Balaban J connectivity index is 1.28. The maximum atomic E-state index is 13.0. The van der Waals surface area contributed by atoms with E-state index in [0.717, 1.165) is 35.4 Å². The average Bonchev–Trinajstić information content (AvgIpc) is 3.68. The Morgan fingerprint density at radius 1 is 1.00 bits per heavy atom. The molecular formula is C25H28N4O3. The lowest BCUT2D eigenvalue weighted by atomic mass is 10.1. The smallest absolute Gasteiger partial charge is 0.322 e. The third-order valence-electron chi connectivity index (χ3n) is 6.28. The van der Waals surface area contributed by atoms with Crippen molar-refractivity contribution in [2.45, 2.75) is 18.8 Å². The molecule has 3 aromatic rings. The molecule has 2 aromatic carbocycles. The Labute approximate surface area is 187 Å². The average molecular weight is 433 g/mol. The van der Waals surface area contributed by atoms with E-state index >= 15 is 0 Å². The Morgan fingerprint density at radius 3 is 2.50 bits per heavy atom. The Bertz CT molecular complexity index is 1140. The molecule has 1 aliphatic heterocycles. The van der Waals surface area contributed by atoms with Gasteiger partial charge in [-0.3, -0.25) is 0 Å². The number of nitrogens with one attached hydrogen (secondary N) is 1. The topological polar surface area (TPSA) is 66.9 Å². The fourth-order valence-electron chi connectivity index (χ4n) is 4.42. The number of nitrogens with zero attached hydrogens (tertiary/aromatic N) is 3. The number of carbonyl (C=O) groups excluding carboxylic acids is 1. The number of carbonyl (C=O) groups is 1. The van der Waals surface area contributed by atoms with E-state index in [1.165, 1.54) is 18.4 Å². The summed E-state index contributed by atoms with van der Waals surface area (Å²) in [7, 11) is 3.31. The number of anilines is 2. The lowest BCUT2D eigenvalue weighted by Gasteiger charge is -2.37. The van der Waals surface area contributed by atoms with E-state index in [9.17, 15) is 4.79 Å². The van der Waals surface area contributed by atoms with Crippen LogP contribution in [0.5, 0.6) is 11.6 Å². The van der Waals surface area contributed by atoms with E-state index in [0.29, 0.717) is 30.6 Å². The number of pyridine rings is 1. The van der Waals surface area contributed by atoms with Gasteiger partial charge in [-0.15, -0.1) is 0 Å². The van der Waals surface area contributed by atoms with Crippen molar-refractivity contribution >= 4 is 28.3 Å². The third kappa shape index (κ3) is 3.90. The minimum atomic E-state index is -0.140. The number of methoxy groups -OCH3 is 2. The molecule has 5 rings (SSSR count). The summed E-state index contributed by atoms with van der Waals surface area (Å²) in [5, 5.41) is 3.94. The first kappa shape index (κ1) is 20.4. The number of urea groups is 1. The van der Waals surface area contributed by atoms with Crippen molar-refractivity contribution in [3.05, 3.63) is 54.1 Å². The fourth-order valence-corrected chi connectivity index (χ4v) is 4.42. The van der Waals surface area contributed by atoms with Crippen LogP contribution in [0, 0.1) is 0 Å². The lowest BCUT2D eigenvalue weighted by molar-refractivity contribution is 0.208. The molecule has 1 aliphatic carbocycles. The van der Waals surface area contributed by atoms with Crippen LogP contribution in [-0.2, 0) is 0 Å². The van der Waals surface area contributed by atoms with Crippen molar-refractivity contribution in [1.29, 1.82) is 0 Å². The molecule has 1 aromatic heterocycles. The molecule has 0 radical (unpaired) electrons. The molecular weight excluding hydrogens is 404 g/mol. The van der Waals surface area contributed by atoms with Crippen LogP contribution in [0.2, 0.25) is 0 Å². The molecule has 7 heteroatoms. The Morgan fingerprint density at radius 2 is 1.78 bits per heavy atom. The molecule has 0 spiro atoms. The first-order chi connectivity index (χ1) is 15.7. The van der Waals surface area contributed by atoms with Crippen molar-refractivity contribution in [1.82, 2.24) is 9.88 Å². The van der Waals surface area contributed by atoms with E-state index < -0.39 is 0 Å². The highest BCUT2D eigenvalue weighted by atomic mass is 16.5. The van der Waals surface area contributed by atoms with Gasteiger partial charge in [0.1, 0.15) is 11.4 Å². The predicted octanol–water partition coefficient (Wildman–Crippen LogP) is 4.48. The first-order valence-corrected chi connectivity index (χ1v) is 11.1. The minimum Gasteiger partial charge on any atom is -0.494 e. The fraction of sp³-hybridized carbons (Fsp3) is 0.360. The second-order valence-electron chi connectivity index (χ2n) is 8.32. The maximum Gasteiger partial charge on any atom is 0.322 e. The number of para-hydroxylation sites is 2. The van der Waals surface area contributed by atoms with Gasteiger partial charge < -0.3 is 24.6 Å². The molecule has 0 unspecified atom stereocenters. The van der Waals surface area contributed by atoms with E-state index in [1.54, 1.807) is 14.2 Å². The van der Waals surface area contributed by atoms with E-state index in [4.69, 9.17) is 9.47 Å². The van der Waals surface area contributed by atoms with Crippen molar-refractivity contribution in [3.63, 3.8) is 0 Å². The molecule has 2 aliphatic rings. The number of hydrogen-bond acceptors (Lipinski definition) is 5. The minimum absolute atomic E-state index is 0.140. The van der Waals surface area contributed by atoms with Crippen LogP contribution in [-0.4, -0.2) is 56.3 Å². The molecule has 2 fully saturated rings. The number of fused-ring (bicyclic) bond motifs is 1. The standard InChI is InChI=1S/C25H28N4O3/c1-31-23-19(17-10-11-17)7-5-9-22(23)28-12-14-29(15-13-28)25(30)27-21-16-18-6-3-4-8-20(18)26-24(21)32-2/h3-9,16-17H,10-15H2,1-2H3,(H,27,30). The summed E-state index contributed by atoms with van der Waals surface area (Å²) in [6.07, 6.45) is 2.47. The van der Waals surface area contributed by atoms with Gasteiger partial charge in [-0.1, -0.05) is 30.3 Å². The second kappa shape index (κ2) is 8.57. The molecule has 7 nitrogen and oxygen atoms in total. The van der Waals surface area contributed by atoms with Gasteiger partial charge in [-0.2, -0.15) is 0 Å². The van der Waals surface area contributed by atoms with Gasteiger partial charge in [0, 0.05) is 31.6 Å². The Kier molecular flexibility index (Phi) is 5.47. The summed E-state index contributed by atoms with van der Waals surface area (Å²) in [5.74, 6) is 2.03. The molecule has 166 valence electrons. The first-order valence-electron chi connectivity index (χ1n) is 11.1. The Hall–Kier alpha value is -3.48. The monoisotopic (exact) mass is 432 g/mol. The molecule has 32 heavy (non-hydrogen) atoms. The number of benzene rings is 2. The van der Waals surface area contributed by atoms with Gasteiger partial charge in [-0.05, 0) is 42.5 Å². The van der Waals surface area contributed by atoms with Crippen LogP contribution in [0.1, 0.15) is 24.3 Å². The molecule has 1 saturated carbocycles. The maximum absolute atomic E-state index is 13.0. The number of piperazine rings is 1. The summed E-state index contributed by atoms with van der Waals surface area (Å²) in [6, 6.07) is 16.0. The molecule has 1 saturated heterocycles. The highest BCUT2D eigenvalue weighted by Crippen LogP contribution is 2.47. The normalized spacial score (nSPS) is 16.2. The highest BCUT2D eigenvalue weighted by molar-refractivity contribution is 5.94. The number of hydrogen-bond donors (Lipinski definition) is 1. The largest absolute Gasteiger partial charge is 0.494 e. The van der Waals surface area contributed by atoms with Crippen molar-refractivity contribution in [3.8, 4) is 11.6 Å². The van der Waals surface area contributed by atoms with Gasteiger partial charge in [0.2, 0.25) is 5.88 Å². The van der Waals surface area contributed by atoms with Crippen LogP contribution in [0.3, 0.4) is 0 Å². The lowest BCUT2D eigenvalue weighted by Crippen LogP contribution is -2.50. The second-order valence-corrected chi connectivity index (χ2v) is 8.32. The van der Waals surface area contributed by atoms with E-state index in [-0.39, 0.29) is 6.03 Å². The summed E-state index contributed by atoms with van der Waals surface area (Å²) in [4.78, 5) is 21.6. The summed E-state index contributed by atoms with van der Waals surface area (Å²) < 4.78 is 11.2.